The molecule has 3 aromatic rings. The third-order valence-electron chi connectivity index (χ3n) is 4.07. The van der Waals surface area contributed by atoms with E-state index in [1.807, 2.05) is 30.3 Å². The molecule has 2 aromatic carbocycles. The number of nitrogens with one attached hydrogen (secondary N) is 2. The average molecular weight is 423 g/mol. The van der Waals surface area contributed by atoms with E-state index in [9.17, 15) is 9.59 Å². The number of hydrogen-bond donors (Lipinski definition) is 2. The molecule has 0 atom stereocenters. The van der Waals surface area contributed by atoms with E-state index in [2.05, 4.69) is 10.6 Å². The molecule has 0 saturated carbocycles. The summed E-state index contributed by atoms with van der Waals surface area (Å²) in [5, 5.41) is 5.51. The molecule has 0 spiro atoms. The van der Waals surface area contributed by atoms with Crippen LogP contribution in [0.4, 0.5) is 0 Å². The predicted octanol–water partition coefficient (Wildman–Crippen LogP) is 3.97. The molecule has 6 nitrogen and oxygen atoms in total. The second-order valence-electron chi connectivity index (χ2n) is 6.17. The molecule has 0 fully saturated rings. The van der Waals surface area contributed by atoms with E-state index >= 15 is 0 Å². The van der Waals surface area contributed by atoms with Crippen LogP contribution in [-0.2, 0) is 4.79 Å². The Bertz CT molecular complexity index is 984. The van der Waals surface area contributed by atoms with Gasteiger partial charge in [0.25, 0.3) is 11.8 Å². The first-order valence-corrected chi connectivity index (χ1v) is 10.3. The monoisotopic (exact) mass is 422 g/mol. The number of thioether (sulfide) groups is 1. The van der Waals surface area contributed by atoms with Crippen molar-refractivity contribution in [3.63, 3.8) is 0 Å². The minimum Gasteiger partial charge on any atom is -0.497 e. The van der Waals surface area contributed by atoms with Crippen molar-refractivity contribution in [3.8, 4) is 5.75 Å². The van der Waals surface area contributed by atoms with Crippen LogP contribution in [0.1, 0.15) is 16.1 Å². The van der Waals surface area contributed by atoms with Gasteiger partial charge in [0.2, 0.25) is 0 Å². The second-order valence-corrected chi connectivity index (χ2v) is 7.34. The van der Waals surface area contributed by atoms with E-state index in [0.717, 1.165) is 4.90 Å². The van der Waals surface area contributed by atoms with E-state index in [4.69, 9.17) is 9.15 Å². The van der Waals surface area contributed by atoms with Gasteiger partial charge in [0.05, 0.1) is 13.4 Å². The zero-order chi connectivity index (χ0) is 21.2. The van der Waals surface area contributed by atoms with Crippen LogP contribution in [-0.4, -0.2) is 31.2 Å². The lowest BCUT2D eigenvalue weighted by Gasteiger charge is -2.11. The Kier molecular flexibility index (Phi) is 7.74. The first-order chi connectivity index (χ1) is 14.7. The highest BCUT2D eigenvalue weighted by Gasteiger charge is 2.15. The summed E-state index contributed by atoms with van der Waals surface area (Å²) in [5.74, 6) is 1.03. The average Bonchev–Trinajstić information content (AvgIpc) is 3.30. The number of benzene rings is 2. The zero-order valence-electron chi connectivity index (χ0n) is 16.5. The molecular weight excluding hydrogens is 400 g/mol. The molecule has 154 valence electrons. The van der Waals surface area contributed by atoms with Gasteiger partial charge < -0.3 is 19.8 Å². The van der Waals surface area contributed by atoms with Gasteiger partial charge in [-0.15, -0.1) is 11.8 Å². The lowest BCUT2D eigenvalue weighted by molar-refractivity contribution is -0.117. The SMILES string of the molecule is COc1ccc(C(=O)N/C(=C\c2ccco2)C(=O)NCCSc2ccccc2)cc1. The van der Waals surface area contributed by atoms with Gasteiger partial charge >= 0.3 is 0 Å². The van der Waals surface area contributed by atoms with Crippen LogP contribution in [0.25, 0.3) is 6.08 Å². The van der Waals surface area contributed by atoms with Crippen molar-refractivity contribution >= 4 is 29.7 Å². The smallest absolute Gasteiger partial charge is 0.267 e. The fourth-order valence-corrected chi connectivity index (χ4v) is 3.35. The predicted molar refractivity (Wildman–Crippen MR) is 117 cm³/mol. The summed E-state index contributed by atoms with van der Waals surface area (Å²) >= 11 is 1.64. The third kappa shape index (κ3) is 6.28. The van der Waals surface area contributed by atoms with Crippen LogP contribution < -0.4 is 15.4 Å². The molecule has 0 aliphatic carbocycles. The summed E-state index contributed by atoms with van der Waals surface area (Å²) in [6, 6.07) is 20.0. The fourth-order valence-electron chi connectivity index (χ4n) is 2.56. The van der Waals surface area contributed by atoms with Gasteiger partial charge in [-0.3, -0.25) is 9.59 Å². The van der Waals surface area contributed by atoms with Gasteiger partial charge in [-0.2, -0.15) is 0 Å². The summed E-state index contributed by atoms with van der Waals surface area (Å²) in [6.07, 6.45) is 3.00. The van der Waals surface area contributed by atoms with Gasteiger partial charge in [0, 0.05) is 28.8 Å². The highest BCUT2D eigenvalue weighted by Crippen LogP contribution is 2.16. The molecule has 7 heteroatoms. The first kappa shape index (κ1) is 21.3. The standard InChI is InChI=1S/C23H22N2O4S/c1-28-18-11-9-17(10-12-18)22(26)25-21(16-19-6-5-14-29-19)23(27)24-13-15-30-20-7-3-2-4-8-20/h2-12,14,16H,13,15H2,1H3,(H,24,27)(H,25,26)/b21-16-. The van der Waals surface area contributed by atoms with Crippen molar-refractivity contribution in [1.29, 1.82) is 0 Å². The number of rotatable bonds is 9. The Morgan fingerprint density at radius 1 is 1.03 bits per heavy atom. The number of amides is 2. The van der Waals surface area contributed by atoms with Crippen molar-refractivity contribution in [3.05, 3.63) is 90.0 Å². The number of hydrogen-bond acceptors (Lipinski definition) is 5. The number of ether oxygens (including phenoxy) is 1. The maximum Gasteiger partial charge on any atom is 0.267 e. The number of methoxy groups -OCH3 is 1. The summed E-state index contributed by atoms with van der Waals surface area (Å²) in [7, 11) is 1.56. The molecule has 0 radical (unpaired) electrons. The molecule has 2 N–H and O–H groups in total. The van der Waals surface area contributed by atoms with Crippen LogP contribution in [0.15, 0.2) is 88.0 Å². The normalized spacial score (nSPS) is 11.0. The van der Waals surface area contributed by atoms with E-state index in [1.165, 1.54) is 12.3 Å². The summed E-state index contributed by atoms with van der Waals surface area (Å²) in [5.41, 5.74) is 0.518. The fraction of sp³-hybridized carbons (Fsp3) is 0.130. The number of carbonyl (C=O) groups excluding carboxylic acids is 2. The molecule has 30 heavy (non-hydrogen) atoms. The van der Waals surface area contributed by atoms with Crippen molar-refractivity contribution in [2.45, 2.75) is 4.90 Å². The van der Waals surface area contributed by atoms with Gasteiger partial charge in [-0.1, -0.05) is 18.2 Å². The van der Waals surface area contributed by atoms with E-state index in [-0.39, 0.29) is 11.6 Å². The topological polar surface area (TPSA) is 80.6 Å². The second kappa shape index (κ2) is 10.9. The Morgan fingerprint density at radius 2 is 1.80 bits per heavy atom. The molecule has 1 heterocycles. The Morgan fingerprint density at radius 3 is 2.47 bits per heavy atom. The van der Waals surface area contributed by atoms with Crippen molar-refractivity contribution < 1.29 is 18.7 Å². The number of carbonyl (C=O) groups is 2. The van der Waals surface area contributed by atoms with Gasteiger partial charge in [0.15, 0.2) is 0 Å². The highest BCUT2D eigenvalue weighted by molar-refractivity contribution is 7.99. The summed E-state index contributed by atoms with van der Waals surface area (Å²) in [6.45, 7) is 0.451. The highest BCUT2D eigenvalue weighted by atomic mass is 32.2. The maximum absolute atomic E-state index is 12.7. The molecule has 0 bridgehead atoms. The molecule has 2 amide bonds. The molecule has 0 aliphatic rings. The minimum atomic E-state index is -0.399. The minimum absolute atomic E-state index is 0.107. The molecule has 0 unspecified atom stereocenters. The number of furan rings is 1. The quantitative estimate of drug-likeness (QED) is 0.310. The Hall–Kier alpha value is -3.45. The van der Waals surface area contributed by atoms with E-state index < -0.39 is 5.91 Å². The van der Waals surface area contributed by atoms with Crippen LogP contribution in [0.3, 0.4) is 0 Å². The molecular formula is C23H22N2O4S. The molecule has 0 aliphatic heterocycles. The van der Waals surface area contributed by atoms with Crippen LogP contribution in [0.2, 0.25) is 0 Å². The van der Waals surface area contributed by atoms with Gasteiger partial charge in [-0.05, 0) is 48.5 Å². The molecule has 3 rings (SSSR count). The lowest BCUT2D eigenvalue weighted by Crippen LogP contribution is -2.35. The largest absolute Gasteiger partial charge is 0.497 e. The first-order valence-electron chi connectivity index (χ1n) is 9.32. The van der Waals surface area contributed by atoms with E-state index in [1.54, 1.807) is 55.3 Å². The Balaban J connectivity index is 1.62. The lowest BCUT2D eigenvalue weighted by atomic mass is 10.2. The van der Waals surface area contributed by atoms with Gasteiger partial charge in [0.1, 0.15) is 17.2 Å². The summed E-state index contributed by atoms with van der Waals surface area (Å²) in [4.78, 5) is 26.4. The molecule has 1 aromatic heterocycles. The maximum atomic E-state index is 12.7. The van der Waals surface area contributed by atoms with Crippen molar-refractivity contribution in [2.24, 2.45) is 0 Å². The van der Waals surface area contributed by atoms with E-state index in [0.29, 0.717) is 29.4 Å². The van der Waals surface area contributed by atoms with Crippen molar-refractivity contribution in [1.82, 2.24) is 10.6 Å². The van der Waals surface area contributed by atoms with Crippen molar-refractivity contribution in [2.75, 3.05) is 19.4 Å². The van der Waals surface area contributed by atoms with Gasteiger partial charge in [-0.25, -0.2) is 0 Å². The summed E-state index contributed by atoms with van der Waals surface area (Å²) < 4.78 is 10.4. The van der Waals surface area contributed by atoms with Crippen LogP contribution in [0.5, 0.6) is 5.75 Å². The van der Waals surface area contributed by atoms with Crippen LogP contribution in [0, 0.1) is 0 Å². The Labute approximate surface area is 179 Å². The third-order valence-corrected chi connectivity index (χ3v) is 5.09. The zero-order valence-corrected chi connectivity index (χ0v) is 17.3. The van der Waals surface area contributed by atoms with Crippen LogP contribution >= 0.6 is 11.8 Å². The molecule has 0 saturated heterocycles.